The molecule has 2 aromatic rings. The van der Waals surface area contributed by atoms with Gasteiger partial charge in [-0.2, -0.15) is 0 Å². The third-order valence-electron chi connectivity index (χ3n) is 3.34. The van der Waals surface area contributed by atoms with Crippen LogP contribution >= 0.6 is 46.4 Å². The fourth-order valence-electron chi connectivity index (χ4n) is 2.13. The van der Waals surface area contributed by atoms with Crippen molar-refractivity contribution in [3.8, 4) is 0 Å². The second kappa shape index (κ2) is 7.62. The summed E-state index contributed by atoms with van der Waals surface area (Å²) in [5, 5.41) is 9.20. The van der Waals surface area contributed by atoms with Crippen molar-refractivity contribution in [2.24, 2.45) is 0 Å². The van der Waals surface area contributed by atoms with Gasteiger partial charge in [-0.25, -0.2) is 4.79 Å². The van der Waals surface area contributed by atoms with Crippen LogP contribution in [0.15, 0.2) is 30.3 Å². The summed E-state index contributed by atoms with van der Waals surface area (Å²) in [5.41, 5.74) is 1.33. The predicted octanol–water partition coefficient (Wildman–Crippen LogP) is 5.27. The number of carbonyl (C=O) groups is 2. The van der Waals surface area contributed by atoms with Crippen molar-refractivity contribution in [2.45, 2.75) is 6.54 Å². The Balaban J connectivity index is 0.000000198. The minimum atomic E-state index is -0.879. The lowest BCUT2D eigenvalue weighted by molar-refractivity contribution is 0.0696. The smallest absolute Gasteiger partial charge is 0.335 e. The Bertz CT molecular complexity index is 809. The van der Waals surface area contributed by atoms with E-state index in [1.54, 1.807) is 37.4 Å². The van der Waals surface area contributed by atoms with E-state index in [1.807, 2.05) is 0 Å². The zero-order valence-corrected chi connectivity index (χ0v) is 15.3. The highest BCUT2D eigenvalue weighted by Crippen LogP contribution is 2.44. The second-order valence-corrected chi connectivity index (χ2v) is 6.45. The van der Waals surface area contributed by atoms with Crippen LogP contribution in [0.1, 0.15) is 26.3 Å². The van der Waals surface area contributed by atoms with Gasteiger partial charge in [-0.15, -0.1) is 0 Å². The van der Waals surface area contributed by atoms with E-state index in [0.29, 0.717) is 28.3 Å². The quantitative estimate of drug-likeness (QED) is 0.518. The second-order valence-electron chi connectivity index (χ2n) is 4.94. The molecule has 0 aromatic heterocycles. The minimum Gasteiger partial charge on any atom is -0.478 e. The third kappa shape index (κ3) is 3.62. The maximum Gasteiger partial charge on any atom is 0.335 e. The van der Waals surface area contributed by atoms with Crippen molar-refractivity contribution in [3.63, 3.8) is 0 Å². The Labute approximate surface area is 158 Å². The lowest BCUT2D eigenvalue weighted by atomic mass is 10.1. The molecule has 0 saturated carbocycles. The molecule has 0 unspecified atom stereocenters. The molecule has 24 heavy (non-hydrogen) atoms. The standard InChI is InChI=1S/C9H5Cl4NO.C7H6O2/c1-14-2-3-4(9(14)15)6(11)8(13)7(12)5(3)10;8-7(9)6-4-2-1-3-5-6/h2H2,1H3;1-5H,(H,8,9). The zero-order chi connectivity index (χ0) is 18.0. The number of nitrogens with zero attached hydrogens (tertiary/aromatic N) is 1. The topological polar surface area (TPSA) is 57.6 Å². The van der Waals surface area contributed by atoms with Crippen LogP contribution in [0.5, 0.6) is 0 Å². The van der Waals surface area contributed by atoms with Gasteiger partial charge in [0, 0.05) is 19.2 Å². The van der Waals surface area contributed by atoms with E-state index in [9.17, 15) is 9.59 Å². The molecule has 0 atom stereocenters. The van der Waals surface area contributed by atoms with Gasteiger partial charge in [-0.3, -0.25) is 4.79 Å². The van der Waals surface area contributed by atoms with Gasteiger partial charge >= 0.3 is 5.97 Å². The highest BCUT2D eigenvalue weighted by atomic mass is 35.5. The molecule has 4 nitrogen and oxygen atoms in total. The van der Waals surface area contributed by atoms with Gasteiger partial charge in [0.1, 0.15) is 0 Å². The van der Waals surface area contributed by atoms with Crippen molar-refractivity contribution >= 4 is 58.3 Å². The lowest BCUT2D eigenvalue weighted by Gasteiger charge is -2.07. The fraction of sp³-hybridized carbons (Fsp3) is 0.125. The fourth-order valence-corrected chi connectivity index (χ4v) is 3.16. The van der Waals surface area contributed by atoms with Crippen LogP contribution in [0, 0.1) is 0 Å². The first-order valence-electron chi connectivity index (χ1n) is 6.64. The Morgan fingerprint density at radius 1 is 1.00 bits per heavy atom. The SMILES string of the molecule is CN1Cc2c(Cl)c(Cl)c(Cl)c(Cl)c2C1=O.O=C(O)c1ccccc1. The van der Waals surface area contributed by atoms with E-state index in [4.69, 9.17) is 51.5 Å². The monoisotopic (exact) mass is 405 g/mol. The number of aromatic carboxylic acids is 1. The van der Waals surface area contributed by atoms with Gasteiger partial charge in [-0.05, 0) is 12.1 Å². The number of benzene rings is 2. The summed E-state index contributed by atoms with van der Waals surface area (Å²) in [4.78, 5) is 23.4. The van der Waals surface area contributed by atoms with Crippen LogP contribution in [-0.4, -0.2) is 28.9 Å². The van der Waals surface area contributed by atoms with E-state index >= 15 is 0 Å². The van der Waals surface area contributed by atoms with Gasteiger partial charge in [0.15, 0.2) is 0 Å². The van der Waals surface area contributed by atoms with Gasteiger partial charge in [0.05, 0.1) is 31.2 Å². The molecule has 0 radical (unpaired) electrons. The molecule has 3 rings (SSSR count). The molecule has 1 amide bonds. The molecule has 0 spiro atoms. The molecule has 0 aliphatic carbocycles. The molecule has 0 bridgehead atoms. The predicted molar refractivity (Wildman–Crippen MR) is 95.7 cm³/mol. The molecule has 1 N–H and O–H groups in total. The van der Waals surface area contributed by atoms with E-state index in [1.165, 1.54) is 4.90 Å². The van der Waals surface area contributed by atoms with Crippen LogP contribution in [-0.2, 0) is 6.54 Å². The maximum atomic E-state index is 11.7. The summed E-state index contributed by atoms with van der Waals surface area (Å²) in [6, 6.07) is 8.30. The number of carboxylic acids is 1. The van der Waals surface area contributed by atoms with E-state index in [0.717, 1.165) is 0 Å². The molecule has 0 saturated heterocycles. The number of hydrogen-bond acceptors (Lipinski definition) is 2. The summed E-state index contributed by atoms with van der Waals surface area (Å²) in [7, 11) is 1.66. The summed E-state index contributed by atoms with van der Waals surface area (Å²) in [6.45, 7) is 0.406. The van der Waals surface area contributed by atoms with E-state index in [-0.39, 0.29) is 21.0 Å². The molecule has 126 valence electrons. The minimum absolute atomic E-state index is 0.130. The summed E-state index contributed by atoms with van der Waals surface area (Å²) < 4.78 is 0. The van der Waals surface area contributed by atoms with Crippen LogP contribution < -0.4 is 0 Å². The molecule has 2 aromatic carbocycles. The summed E-state index contributed by atoms with van der Waals surface area (Å²) in [5.74, 6) is -1.06. The van der Waals surface area contributed by atoms with E-state index < -0.39 is 5.97 Å². The van der Waals surface area contributed by atoms with Gasteiger partial charge < -0.3 is 10.0 Å². The van der Waals surface area contributed by atoms with Crippen molar-refractivity contribution in [1.82, 2.24) is 4.90 Å². The van der Waals surface area contributed by atoms with Crippen molar-refractivity contribution < 1.29 is 14.7 Å². The molecule has 1 aliphatic heterocycles. The highest BCUT2D eigenvalue weighted by Gasteiger charge is 2.32. The van der Waals surface area contributed by atoms with Gasteiger partial charge in [0.25, 0.3) is 5.91 Å². The van der Waals surface area contributed by atoms with Crippen molar-refractivity contribution in [2.75, 3.05) is 7.05 Å². The van der Waals surface area contributed by atoms with Crippen molar-refractivity contribution in [3.05, 3.63) is 67.1 Å². The molecule has 0 fully saturated rings. The van der Waals surface area contributed by atoms with Crippen molar-refractivity contribution in [1.29, 1.82) is 0 Å². The molecular weight excluding hydrogens is 396 g/mol. The molecular formula is C16H11Cl4NO3. The Hall–Kier alpha value is -1.46. The summed E-state index contributed by atoms with van der Waals surface area (Å²) in [6.07, 6.45) is 0. The third-order valence-corrected chi connectivity index (χ3v) is 5.18. The molecule has 8 heteroatoms. The van der Waals surface area contributed by atoms with E-state index in [2.05, 4.69) is 0 Å². The highest BCUT2D eigenvalue weighted by molar-refractivity contribution is 6.53. The zero-order valence-electron chi connectivity index (χ0n) is 12.3. The maximum absolute atomic E-state index is 11.7. The van der Waals surface area contributed by atoms with Crippen LogP contribution in [0.3, 0.4) is 0 Å². The number of hydrogen-bond donors (Lipinski definition) is 1. The first-order valence-corrected chi connectivity index (χ1v) is 8.15. The van der Waals surface area contributed by atoms with Crippen LogP contribution in [0.25, 0.3) is 0 Å². The first kappa shape index (κ1) is 18.9. The number of rotatable bonds is 1. The largest absolute Gasteiger partial charge is 0.478 e. The number of halogens is 4. The summed E-state index contributed by atoms with van der Waals surface area (Å²) >= 11 is 23.7. The lowest BCUT2D eigenvalue weighted by Crippen LogP contribution is -2.17. The number of carboxylic acid groups (broad SMARTS) is 1. The normalized spacial score (nSPS) is 12.5. The van der Waals surface area contributed by atoms with Gasteiger partial charge in [0.2, 0.25) is 0 Å². The Morgan fingerprint density at radius 2 is 1.54 bits per heavy atom. The number of amides is 1. The first-order chi connectivity index (χ1) is 11.3. The Morgan fingerprint density at radius 3 is 2.04 bits per heavy atom. The van der Waals surface area contributed by atoms with Crippen LogP contribution in [0.4, 0.5) is 0 Å². The average molecular weight is 407 g/mol. The molecule has 1 aliphatic rings. The van der Waals surface area contributed by atoms with Gasteiger partial charge in [-0.1, -0.05) is 64.6 Å². The number of fused-ring (bicyclic) bond motifs is 1. The Kier molecular flexibility index (Phi) is 5.99. The van der Waals surface area contributed by atoms with Crippen LogP contribution in [0.2, 0.25) is 20.1 Å². The average Bonchev–Trinajstić information content (AvgIpc) is 2.88. The molecule has 1 heterocycles. The number of carbonyl (C=O) groups excluding carboxylic acids is 1.